The maximum absolute atomic E-state index is 13.5. The van der Waals surface area contributed by atoms with E-state index in [1.165, 1.54) is 24.2 Å². The third kappa shape index (κ3) is 8.28. The largest absolute Gasteiger partial charge is 0.386 e. The van der Waals surface area contributed by atoms with Gasteiger partial charge in [0.25, 0.3) is 11.8 Å². The van der Waals surface area contributed by atoms with Crippen molar-refractivity contribution in [1.82, 2.24) is 29.9 Å². The van der Waals surface area contributed by atoms with Gasteiger partial charge in [0.15, 0.2) is 0 Å². The molecule has 8 rings (SSSR count). The number of anilines is 2. The predicted molar refractivity (Wildman–Crippen MR) is 218 cm³/mol. The van der Waals surface area contributed by atoms with Crippen LogP contribution >= 0.6 is 11.6 Å². The van der Waals surface area contributed by atoms with Crippen LogP contribution in [0, 0.1) is 18.3 Å². The molecule has 1 spiro atoms. The standard InChI is InChI=1S/C43H51ClN8O5/c1-27-5-4-6-34(45-27)39(54)46-36-21-30-26-52(48-35(30)23-32(36)42(2,3)57)31-10-16-49(17-11-31)15-9-28-24-43(25-28)13-19-50(20-14-43)40(55)29-7-8-33(44)37(22-29)51-18-12-38(53)47-41(51)56/h4-8,21-23,26,28,31,57H,9-20,24-25H2,1-3H3,(H,46,54)(H,47,53,56). The monoisotopic (exact) mass is 794 g/mol. The number of aliphatic hydroxyl groups is 1. The third-order valence-electron chi connectivity index (χ3n) is 12.6. The summed E-state index contributed by atoms with van der Waals surface area (Å²) in [5, 5.41) is 22.5. The highest BCUT2D eigenvalue weighted by atomic mass is 35.5. The van der Waals surface area contributed by atoms with E-state index < -0.39 is 11.6 Å². The lowest BCUT2D eigenvalue weighted by atomic mass is 9.57. The number of hydrogen-bond donors (Lipinski definition) is 3. The topological polar surface area (TPSA) is 153 Å². The highest BCUT2D eigenvalue weighted by molar-refractivity contribution is 6.34. The van der Waals surface area contributed by atoms with E-state index >= 15 is 0 Å². The van der Waals surface area contributed by atoms with Crippen molar-refractivity contribution in [1.29, 1.82) is 0 Å². The molecule has 57 heavy (non-hydrogen) atoms. The van der Waals surface area contributed by atoms with Gasteiger partial charge < -0.3 is 20.2 Å². The number of benzene rings is 2. The number of halogens is 1. The molecular weight excluding hydrogens is 744 g/mol. The Morgan fingerprint density at radius 2 is 1.77 bits per heavy atom. The van der Waals surface area contributed by atoms with Gasteiger partial charge in [-0.2, -0.15) is 5.10 Å². The number of piperidine rings is 2. The van der Waals surface area contributed by atoms with Crippen LogP contribution in [0.3, 0.4) is 0 Å². The lowest BCUT2D eigenvalue weighted by molar-refractivity contribution is -0.120. The fraction of sp³-hybridized carbons (Fsp3) is 0.488. The Morgan fingerprint density at radius 3 is 2.47 bits per heavy atom. The third-order valence-corrected chi connectivity index (χ3v) is 12.9. The van der Waals surface area contributed by atoms with Crippen LogP contribution in [0.15, 0.2) is 54.7 Å². The Hall–Kier alpha value is -4.85. The molecular formula is C43H51ClN8O5. The molecule has 1 saturated carbocycles. The Labute approximate surface area is 337 Å². The maximum atomic E-state index is 13.5. The van der Waals surface area contributed by atoms with Crippen molar-refractivity contribution in [2.45, 2.75) is 83.8 Å². The number of nitrogens with zero attached hydrogens (tertiary/aromatic N) is 6. The number of likely N-dealkylation sites (tertiary alicyclic amines) is 2. The van der Waals surface area contributed by atoms with Gasteiger partial charge in [0.2, 0.25) is 5.91 Å². The van der Waals surface area contributed by atoms with Gasteiger partial charge in [-0.25, -0.2) is 9.78 Å². The van der Waals surface area contributed by atoms with E-state index in [9.17, 15) is 24.3 Å². The van der Waals surface area contributed by atoms with Crippen LogP contribution in [0.4, 0.5) is 16.2 Å². The molecule has 5 amide bonds. The average molecular weight is 795 g/mol. The first-order valence-corrected chi connectivity index (χ1v) is 20.5. The SMILES string of the molecule is Cc1cccc(C(=O)Nc2cc3cn(C4CCN(CCC5CC6(CCN(C(=O)c7ccc(Cl)c(N8CCC(=O)NC8=O)c7)CC6)C5)CC4)nc3cc2C(C)(C)O)n1. The lowest BCUT2D eigenvalue weighted by Gasteiger charge is -2.53. The Kier molecular flexibility index (Phi) is 10.6. The number of carbonyl (C=O) groups excluding carboxylic acids is 4. The zero-order valence-corrected chi connectivity index (χ0v) is 33.6. The first kappa shape index (κ1) is 39.0. The number of pyridine rings is 1. The van der Waals surface area contributed by atoms with Crippen molar-refractivity contribution < 1.29 is 24.3 Å². The van der Waals surface area contributed by atoms with Crippen LogP contribution in [0.5, 0.6) is 0 Å². The van der Waals surface area contributed by atoms with Crippen LogP contribution in [-0.2, 0) is 10.4 Å². The number of hydrogen-bond acceptors (Lipinski definition) is 8. The fourth-order valence-corrected chi connectivity index (χ4v) is 9.53. The summed E-state index contributed by atoms with van der Waals surface area (Å²) in [6.07, 6.45) is 9.90. The molecule has 3 N–H and O–H groups in total. The molecule has 2 aromatic carbocycles. The quantitative estimate of drug-likeness (QED) is 0.170. The second-order valence-corrected chi connectivity index (χ2v) is 17.5. The van der Waals surface area contributed by atoms with Crippen LogP contribution in [0.1, 0.15) is 103 Å². The molecule has 4 aliphatic rings. The van der Waals surface area contributed by atoms with Gasteiger partial charge in [0.1, 0.15) is 5.69 Å². The van der Waals surface area contributed by atoms with E-state index in [4.69, 9.17) is 16.7 Å². The molecule has 0 radical (unpaired) electrons. The highest BCUT2D eigenvalue weighted by Crippen LogP contribution is 2.54. The van der Waals surface area contributed by atoms with Gasteiger partial charge in [-0.1, -0.05) is 17.7 Å². The number of aryl methyl sites for hydroxylation is 1. The summed E-state index contributed by atoms with van der Waals surface area (Å²) in [6, 6.07) is 13.9. The second kappa shape index (κ2) is 15.5. The van der Waals surface area contributed by atoms with Crippen LogP contribution in [-0.4, -0.2) is 92.7 Å². The molecule has 3 aliphatic heterocycles. The molecule has 14 heteroatoms. The molecule has 0 bridgehead atoms. The zero-order chi connectivity index (χ0) is 40.1. The van der Waals surface area contributed by atoms with Gasteiger partial charge >= 0.3 is 6.03 Å². The molecule has 0 unspecified atom stereocenters. The van der Waals surface area contributed by atoms with Crippen molar-refractivity contribution in [2.24, 2.45) is 11.3 Å². The molecule has 13 nitrogen and oxygen atoms in total. The molecule has 0 atom stereocenters. The number of amides is 5. The Balaban J connectivity index is 0.803. The molecule has 4 fully saturated rings. The van der Waals surface area contributed by atoms with Crippen LogP contribution in [0.2, 0.25) is 5.02 Å². The van der Waals surface area contributed by atoms with E-state index in [-0.39, 0.29) is 36.7 Å². The van der Waals surface area contributed by atoms with E-state index in [0.717, 1.165) is 75.0 Å². The minimum absolute atomic E-state index is 0.0532. The van der Waals surface area contributed by atoms with Crippen molar-refractivity contribution >= 4 is 57.6 Å². The molecule has 2 aromatic heterocycles. The Morgan fingerprint density at radius 1 is 1.02 bits per heavy atom. The van der Waals surface area contributed by atoms with Gasteiger partial charge in [0.05, 0.1) is 27.9 Å². The van der Waals surface area contributed by atoms with Gasteiger partial charge in [0, 0.05) is 73.2 Å². The number of imide groups is 1. The number of rotatable bonds is 9. The number of aromatic nitrogens is 3. The maximum Gasteiger partial charge on any atom is 0.328 e. The Bertz CT molecular complexity index is 2210. The fourth-order valence-electron chi connectivity index (χ4n) is 9.31. The number of fused-ring (bicyclic) bond motifs is 1. The van der Waals surface area contributed by atoms with E-state index in [1.807, 2.05) is 30.0 Å². The van der Waals surface area contributed by atoms with E-state index in [1.54, 1.807) is 44.2 Å². The van der Waals surface area contributed by atoms with Crippen molar-refractivity contribution in [2.75, 3.05) is 49.5 Å². The summed E-state index contributed by atoms with van der Waals surface area (Å²) in [4.78, 5) is 60.9. The molecule has 1 aliphatic carbocycles. The first-order chi connectivity index (χ1) is 27.2. The highest BCUT2D eigenvalue weighted by Gasteiger charge is 2.46. The van der Waals surface area contributed by atoms with Gasteiger partial charge in [-0.05, 0) is 126 Å². The number of nitrogens with one attached hydrogen (secondary N) is 2. The van der Waals surface area contributed by atoms with Gasteiger partial charge in [-0.15, -0.1) is 0 Å². The van der Waals surface area contributed by atoms with E-state index in [2.05, 4.69) is 31.4 Å². The smallest absolute Gasteiger partial charge is 0.328 e. The normalized spacial score (nSPS) is 19.5. The molecule has 4 aromatic rings. The lowest BCUT2D eigenvalue weighted by Crippen LogP contribution is -2.50. The summed E-state index contributed by atoms with van der Waals surface area (Å²) in [6.45, 7) is 10.1. The van der Waals surface area contributed by atoms with Crippen LogP contribution in [0.25, 0.3) is 10.9 Å². The van der Waals surface area contributed by atoms with E-state index in [0.29, 0.717) is 44.6 Å². The average Bonchev–Trinajstić information content (AvgIpc) is 3.59. The minimum Gasteiger partial charge on any atom is -0.386 e. The molecule has 3 saturated heterocycles. The van der Waals surface area contributed by atoms with Crippen molar-refractivity contribution in [3.8, 4) is 0 Å². The summed E-state index contributed by atoms with van der Waals surface area (Å²) in [5.74, 6) is 0.0186. The van der Waals surface area contributed by atoms with Crippen molar-refractivity contribution in [3.05, 3.63) is 82.3 Å². The summed E-state index contributed by atoms with van der Waals surface area (Å²) in [7, 11) is 0. The minimum atomic E-state index is -1.19. The van der Waals surface area contributed by atoms with Crippen LogP contribution < -0.4 is 15.5 Å². The first-order valence-electron chi connectivity index (χ1n) is 20.2. The summed E-state index contributed by atoms with van der Waals surface area (Å²) >= 11 is 6.41. The van der Waals surface area contributed by atoms with Crippen molar-refractivity contribution in [3.63, 3.8) is 0 Å². The summed E-state index contributed by atoms with van der Waals surface area (Å²) in [5.41, 5.74) is 3.10. The second-order valence-electron chi connectivity index (χ2n) is 17.1. The van der Waals surface area contributed by atoms with Gasteiger partial charge in [-0.3, -0.25) is 29.3 Å². The summed E-state index contributed by atoms with van der Waals surface area (Å²) < 4.78 is 2.07. The number of urea groups is 1. The molecule has 5 heterocycles. The zero-order valence-electron chi connectivity index (χ0n) is 32.9. The molecule has 300 valence electrons. The predicted octanol–water partition coefficient (Wildman–Crippen LogP) is 6.68. The number of carbonyl (C=O) groups is 4.